The average Bonchev–Trinajstić information content (AvgIpc) is 2.83. The van der Waals surface area contributed by atoms with Gasteiger partial charge in [0.25, 0.3) is 11.2 Å². The van der Waals surface area contributed by atoms with Crippen LogP contribution in [-0.2, 0) is 14.3 Å². The number of carbonyl (C=O) groups is 2. The SMILES string of the molecule is CN(C)C=O.COC(=O)C1=C(N)Oc2c(c(=O)[nH]c3ccccc23)[C@@H]1c1ccc([N+](=O)[O-])cc1. The van der Waals surface area contributed by atoms with E-state index in [1.807, 2.05) is 0 Å². The first kappa shape index (κ1) is 24.0. The summed E-state index contributed by atoms with van der Waals surface area (Å²) in [7, 11) is 4.57. The van der Waals surface area contributed by atoms with Crippen molar-refractivity contribution < 1.29 is 24.0 Å². The summed E-state index contributed by atoms with van der Waals surface area (Å²) in [6, 6.07) is 12.6. The fraction of sp³-hybridized carbons (Fsp3) is 0.174. The molecule has 0 spiro atoms. The normalized spacial score (nSPS) is 14.3. The number of benzene rings is 2. The molecule has 0 unspecified atom stereocenters. The smallest absolute Gasteiger partial charge is 0.340 e. The molecular weight excluding hydrogens is 444 g/mol. The van der Waals surface area contributed by atoms with Crippen LogP contribution in [0.25, 0.3) is 10.9 Å². The van der Waals surface area contributed by atoms with Crippen molar-refractivity contribution in [2.45, 2.75) is 5.92 Å². The van der Waals surface area contributed by atoms with E-state index in [1.165, 1.54) is 36.3 Å². The first-order valence-electron chi connectivity index (χ1n) is 9.96. The Morgan fingerprint density at radius 2 is 1.82 bits per heavy atom. The molecule has 1 aromatic heterocycles. The molecule has 0 saturated heterocycles. The summed E-state index contributed by atoms with van der Waals surface area (Å²) in [5.74, 6) is -1.63. The topological polar surface area (TPSA) is 158 Å². The van der Waals surface area contributed by atoms with E-state index < -0.39 is 22.4 Å². The zero-order valence-electron chi connectivity index (χ0n) is 18.6. The van der Waals surface area contributed by atoms with Crippen LogP contribution in [0.1, 0.15) is 17.0 Å². The van der Waals surface area contributed by atoms with Crippen molar-refractivity contribution in [3.63, 3.8) is 0 Å². The summed E-state index contributed by atoms with van der Waals surface area (Å²) < 4.78 is 10.5. The lowest BCUT2D eigenvalue weighted by Crippen LogP contribution is -2.31. The number of carbonyl (C=O) groups excluding carboxylic acids is 2. The molecule has 3 aromatic rings. The molecular formula is C23H22N4O7. The van der Waals surface area contributed by atoms with Crippen molar-refractivity contribution in [2.24, 2.45) is 5.73 Å². The number of aromatic nitrogens is 1. The van der Waals surface area contributed by atoms with Crippen molar-refractivity contribution in [2.75, 3.05) is 21.2 Å². The number of nitrogens with two attached hydrogens (primary N) is 1. The molecule has 11 nitrogen and oxygen atoms in total. The Morgan fingerprint density at radius 3 is 2.38 bits per heavy atom. The van der Waals surface area contributed by atoms with Gasteiger partial charge in [0.15, 0.2) is 0 Å². The predicted octanol–water partition coefficient (Wildman–Crippen LogP) is 2.01. The number of methoxy groups -OCH3 is 1. The lowest BCUT2D eigenvalue weighted by molar-refractivity contribution is -0.384. The number of para-hydroxylation sites is 1. The van der Waals surface area contributed by atoms with Gasteiger partial charge in [0, 0.05) is 31.6 Å². The van der Waals surface area contributed by atoms with Crippen molar-refractivity contribution in [3.8, 4) is 5.75 Å². The van der Waals surface area contributed by atoms with Gasteiger partial charge in [-0.2, -0.15) is 0 Å². The molecule has 1 amide bonds. The standard InChI is InChI=1S/C20H15N3O6.C3H7NO/c1-28-20(25)16-14(10-6-8-11(9-7-10)23(26)27)15-17(29-18(16)21)12-4-2-3-5-13(12)22-19(15)24;1-4(2)3-5/h2-9,14H,21H2,1H3,(H,22,24);3H,1-2H3/t14-;/m0./s1. The number of rotatable bonds is 4. The zero-order chi connectivity index (χ0) is 25.0. The van der Waals surface area contributed by atoms with Crippen molar-refractivity contribution >= 4 is 29.0 Å². The van der Waals surface area contributed by atoms with E-state index in [4.69, 9.17) is 15.2 Å². The van der Waals surface area contributed by atoms with E-state index >= 15 is 0 Å². The molecule has 0 fully saturated rings. The first-order chi connectivity index (χ1) is 16.2. The van der Waals surface area contributed by atoms with Crippen LogP contribution >= 0.6 is 0 Å². The predicted molar refractivity (Wildman–Crippen MR) is 123 cm³/mol. The zero-order valence-corrected chi connectivity index (χ0v) is 18.6. The highest BCUT2D eigenvalue weighted by Crippen LogP contribution is 2.43. The third-order valence-corrected chi connectivity index (χ3v) is 5.02. The second-order valence-corrected chi connectivity index (χ2v) is 7.46. The summed E-state index contributed by atoms with van der Waals surface area (Å²) in [5, 5.41) is 11.6. The van der Waals surface area contributed by atoms with E-state index in [-0.39, 0.29) is 28.5 Å². The van der Waals surface area contributed by atoms with Gasteiger partial charge >= 0.3 is 5.97 Å². The van der Waals surface area contributed by atoms with E-state index in [0.717, 1.165) is 6.41 Å². The molecule has 1 aliphatic rings. The number of amides is 1. The number of non-ortho nitro benzene ring substituents is 1. The Bertz CT molecular complexity index is 1340. The molecule has 3 N–H and O–H groups in total. The number of nitrogens with zero attached hydrogens (tertiary/aromatic N) is 2. The number of nitro groups is 1. The van der Waals surface area contributed by atoms with E-state index in [0.29, 0.717) is 16.5 Å². The minimum absolute atomic E-state index is 0.0466. The maximum atomic E-state index is 12.9. The van der Waals surface area contributed by atoms with E-state index in [9.17, 15) is 24.5 Å². The second kappa shape index (κ2) is 9.86. The van der Waals surface area contributed by atoms with Crippen molar-refractivity contribution in [1.82, 2.24) is 9.88 Å². The number of aromatic amines is 1. The van der Waals surface area contributed by atoms with Crippen LogP contribution in [0, 0.1) is 10.1 Å². The summed E-state index contributed by atoms with van der Waals surface area (Å²) >= 11 is 0. The maximum absolute atomic E-state index is 12.9. The van der Waals surface area contributed by atoms with Crippen LogP contribution in [0.2, 0.25) is 0 Å². The van der Waals surface area contributed by atoms with Crippen molar-refractivity contribution in [1.29, 1.82) is 0 Å². The first-order valence-corrected chi connectivity index (χ1v) is 9.96. The van der Waals surface area contributed by atoms with Crippen LogP contribution in [0.3, 0.4) is 0 Å². The number of nitro benzene ring substituents is 1. The Kier molecular flexibility index (Phi) is 6.95. The second-order valence-electron chi connectivity index (χ2n) is 7.46. The van der Waals surface area contributed by atoms with Gasteiger partial charge in [-0.3, -0.25) is 19.7 Å². The van der Waals surface area contributed by atoms with Gasteiger partial charge in [0.2, 0.25) is 12.3 Å². The quantitative estimate of drug-likeness (QED) is 0.256. The van der Waals surface area contributed by atoms with Gasteiger partial charge in [-0.15, -0.1) is 0 Å². The third kappa shape index (κ3) is 4.58. The lowest BCUT2D eigenvalue weighted by Gasteiger charge is -2.28. The van der Waals surface area contributed by atoms with Gasteiger partial charge in [0.05, 0.1) is 29.0 Å². The fourth-order valence-electron chi connectivity index (χ4n) is 3.50. The molecule has 0 radical (unpaired) electrons. The van der Waals surface area contributed by atoms with Crippen LogP contribution in [0.4, 0.5) is 5.69 Å². The minimum atomic E-state index is -0.916. The van der Waals surface area contributed by atoms with Gasteiger partial charge < -0.3 is 25.1 Å². The lowest BCUT2D eigenvalue weighted by atomic mass is 9.83. The number of fused-ring (bicyclic) bond motifs is 3. The Labute approximate surface area is 193 Å². The minimum Gasteiger partial charge on any atom is -0.465 e. The van der Waals surface area contributed by atoms with Gasteiger partial charge in [-0.05, 0) is 17.7 Å². The summed E-state index contributed by atoms with van der Waals surface area (Å²) in [6.07, 6.45) is 0.750. The number of hydrogen-bond acceptors (Lipinski definition) is 8. The highest BCUT2D eigenvalue weighted by molar-refractivity contribution is 5.95. The van der Waals surface area contributed by atoms with Gasteiger partial charge in [-0.25, -0.2) is 4.79 Å². The molecule has 176 valence electrons. The highest BCUT2D eigenvalue weighted by atomic mass is 16.6. The van der Waals surface area contributed by atoms with Crippen LogP contribution < -0.4 is 16.0 Å². The van der Waals surface area contributed by atoms with E-state index in [1.54, 1.807) is 38.4 Å². The van der Waals surface area contributed by atoms with E-state index in [2.05, 4.69) is 4.98 Å². The number of nitrogens with one attached hydrogen (secondary N) is 1. The van der Waals surface area contributed by atoms with Gasteiger partial charge in [-0.1, -0.05) is 24.3 Å². The fourth-order valence-corrected chi connectivity index (χ4v) is 3.50. The Hall–Kier alpha value is -4.67. The molecule has 0 aliphatic carbocycles. The average molecular weight is 466 g/mol. The maximum Gasteiger partial charge on any atom is 0.340 e. The van der Waals surface area contributed by atoms with Crippen LogP contribution in [0.15, 0.2) is 64.8 Å². The molecule has 2 heterocycles. The third-order valence-electron chi connectivity index (χ3n) is 5.02. The highest BCUT2D eigenvalue weighted by Gasteiger charge is 2.38. The molecule has 34 heavy (non-hydrogen) atoms. The summed E-state index contributed by atoms with van der Waals surface area (Å²) in [5.41, 5.74) is 6.61. The number of hydrogen-bond donors (Lipinski definition) is 2. The Balaban J connectivity index is 0.000000588. The molecule has 1 atom stereocenters. The monoisotopic (exact) mass is 466 g/mol. The number of esters is 1. The molecule has 0 bridgehead atoms. The summed E-state index contributed by atoms with van der Waals surface area (Å²) in [4.78, 5) is 49.5. The number of ether oxygens (including phenoxy) is 2. The molecule has 1 aliphatic heterocycles. The van der Waals surface area contributed by atoms with Crippen LogP contribution in [0.5, 0.6) is 5.75 Å². The molecule has 4 rings (SSSR count). The van der Waals surface area contributed by atoms with Crippen molar-refractivity contribution in [3.05, 3.63) is 91.6 Å². The largest absolute Gasteiger partial charge is 0.465 e. The van der Waals surface area contributed by atoms with Crippen LogP contribution in [-0.4, -0.2) is 48.4 Å². The summed E-state index contributed by atoms with van der Waals surface area (Å²) in [6.45, 7) is 0. The molecule has 2 aromatic carbocycles. The molecule has 0 saturated carbocycles. The number of H-pyrrole nitrogens is 1. The molecule has 11 heteroatoms. The van der Waals surface area contributed by atoms with Gasteiger partial charge in [0.1, 0.15) is 11.3 Å². The number of pyridine rings is 1. The Morgan fingerprint density at radius 1 is 1.21 bits per heavy atom.